The summed E-state index contributed by atoms with van der Waals surface area (Å²) >= 11 is 0. The van der Waals surface area contributed by atoms with Crippen molar-refractivity contribution >= 4 is 17.3 Å². The van der Waals surface area contributed by atoms with Crippen LogP contribution in [-0.2, 0) is 0 Å². The molecule has 9 heteroatoms. The van der Waals surface area contributed by atoms with Crippen LogP contribution in [0.2, 0.25) is 0 Å². The van der Waals surface area contributed by atoms with Gasteiger partial charge in [-0.15, -0.1) is 0 Å². The van der Waals surface area contributed by atoms with Crippen LogP contribution in [0.3, 0.4) is 0 Å². The molecule has 0 radical (unpaired) electrons. The third-order valence-corrected chi connectivity index (χ3v) is 2.65. The maximum absolute atomic E-state index is 12.1. The molecular weight excluding hydrogens is 264 g/mol. The van der Waals surface area contributed by atoms with Gasteiger partial charge in [-0.05, 0) is 19.1 Å². The van der Waals surface area contributed by atoms with Crippen molar-refractivity contribution < 1.29 is 9.72 Å². The number of carbonyl (C=O) groups is 1. The van der Waals surface area contributed by atoms with Gasteiger partial charge < -0.3 is 11.1 Å². The van der Waals surface area contributed by atoms with Crippen LogP contribution in [0.15, 0.2) is 24.5 Å². The summed E-state index contributed by atoms with van der Waals surface area (Å²) in [6, 6.07) is 3.37. The second-order valence-electron chi connectivity index (χ2n) is 4.10. The Morgan fingerprint density at radius 2 is 2.30 bits per heavy atom. The van der Waals surface area contributed by atoms with Gasteiger partial charge in [0.2, 0.25) is 0 Å². The summed E-state index contributed by atoms with van der Waals surface area (Å²) in [7, 11) is 0. The average Bonchev–Trinajstić information content (AvgIpc) is 2.92. The van der Waals surface area contributed by atoms with E-state index < -0.39 is 16.9 Å². The number of rotatable bonds is 4. The van der Waals surface area contributed by atoms with E-state index in [1.165, 1.54) is 24.5 Å². The summed E-state index contributed by atoms with van der Waals surface area (Å²) in [4.78, 5) is 26.3. The minimum Gasteiger partial charge on any atom is -0.399 e. The molecule has 1 aromatic carbocycles. The summed E-state index contributed by atoms with van der Waals surface area (Å²) in [6.07, 6.45) is 1.31. The van der Waals surface area contributed by atoms with E-state index in [0.717, 1.165) is 0 Å². The Labute approximate surface area is 113 Å². The lowest BCUT2D eigenvalue weighted by Gasteiger charge is -2.11. The number of carbonyl (C=O) groups excluding carboxylic acids is 1. The highest BCUT2D eigenvalue weighted by Gasteiger charge is 2.22. The second kappa shape index (κ2) is 5.34. The molecule has 0 saturated heterocycles. The molecule has 1 unspecified atom stereocenters. The smallest absolute Gasteiger partial charge is 0.282 e. The molecule has 1 atom stereocenters. The van der Waals surface area contributed by atoms with Crippen molar-refractivity contribution in [2.24, 2.45) is 0 Å². The predicted molar refractivity (Wildman–Crippen MR) is 69.8 cm³/mol. The molecule has 4 N–H and O–H groups in total. The van der Waals surface area contributed by atoms with Crippen LogP contribution < -0.4 is 11.1 Å². The molecule has 20 heavy (non-hydrogen) atoms. The van der Waals surface area contributed by atoms with E-state index in [0.29, 0.717) is 5.82 Å². The van der Waals surface area contributed by atoms with Crippen molar-refractivity contribution in [3.05, 3.63) is 46.0 Å². The number of aromatic nitrogens is 3. The molecule has 0 fully saturated rings. The average molecular weight is 276 g/mol. The van der Waals surface area contributed by atoms with Gasteiger partial charge in [0.05, 0.1) is 11.0 Å². The van der Waals surface area contributed by atoms with Gasteiger partial charge in [0, 0.05) is 11.8 Å². The van der Waals surface area contributed by atoms with Crippen molar-refractivity contribution in [3.8, 4) is 0 Å². The quantitative estimate of drug-likeness (QED) is 0.428. The van der Waals surface area contributed by atoms with Crippen LogP contribution in [-0.4, -0.2) is 26.0 Å². The molecule has 1 aromatic heterocycles. The molecular formula is C11H12N6O3. The van der Waals surface area contributed by atoms with E-state index in [1.807, 2.05) is 0 Å². The van der Waals surface area contributed by atoms with Crippen molar-refractivity contribution in [3.63, 3.8) is 0 Å². The van der Waals surface area contributed by atoms with E-state index >= 15 is 0 Å². The predicted octanol–water partition coefficient (Wildman–Crippen LogP) is 0.786. The first-order chi connectivity index (χ1) is 9.49. The number of nitrogens with two attached hydrogens (primary N) is 1. The molecule has 2 rings (SSSR count). The molecule has 1 heterocycles. The van der Waals surface area contributed by atoms with E-state index in [9.17, 15) is 14.9 Å². The Hall–Kier alpha value is -2.97. The summed E-state index contributed by atoms with van der Waals surface area (Å²) in [5.74, 6) is -0.155. The summed E-state index contributed by atoms with van der Waals surface area (Å²) in [5.41, 5.74) is 5.43. The minimum atomic E-state index is -0.631. The minimum absolute atomic E-state index is 0.0960. The third-order valence-electron chi connectivity index (χ3n) is 2.65. The molecule has 0 aliphatic heterocycles. The Kier molecular flexibility index (Phi) is 3.60. The van der Waals surface area contributed by atoms with Crippen LogP contribution >= 0.6 is 0 Å². The molecule has 0 saturated carbocycles. The fourth-order valence-corrected chi connectivity index (χ4v) is 1.66. The highest BCUT2D eigenvalue weighted by molar-refractivity contribution is 5.99. The molecule has 2 aromatic rings. The number of aromatic amines is 1. The van der Waals surface area contributed by atoms with E-state index in [2.05, 4.69) is 20.5 Å². The highest BCUT2D eigenvalue weighted by atomic mass is 16.6. The lowest BCUT2D eigenvalue weighted by Crippen LogP contribution is -2.28. The number of nitro benzene ring substituents is 1. The number of H-pyrrole nitrogens is 1. The van der Waals surface area contributed by atoms with E-state index in [-0.39, 0.29) is 16.9 Å². The fourth-order valence-electron chi connectivity index (χ4n) is 1.66. The van der Waals surface area contributed by atoms with Gasteiger partial charge in [0.1, 0.15) is 17.7 Å². The lowest BCUT2D eigenvalue weighted by molar-refractivity contribution is -0.385. The molecule has 0 aliphatic carbocycles. The number of anilines is 1. The SMILES string of the molecule is CC(NC(=O)c1cc(N)ccc1[N+](=O)[O-])c1ncn[nH]1. The molecule has 0 bridgehead atoms. The van der Waals surface area contributed by atoms with Gasteiger partial charge in [-0.2, -0.15) is 5.10 Å². The summed E-state index contributed by atoms with van der Waals surface area (Å²) in [5, 5.41) is 19.8. The standard InChI is InChI=1S/C11H12N6O3/c1-6(10-13-5-14-16-10)15-11(18)8-4-7(12)2-3-9(8)17(19)20/h2-6H,12H2,1H3,(H,15,18)(H,13,14,16). The molecule has 0 aliphatic rings. The first-order valence-electron chi connectivity index (χ1n) is 5.69. The maximum atomic E-state index is 12.1. The van der Waals surface area contributed by atoms with Crippen LogP contribution in [0.4, 0.5) is 11.4 Å². The molecule has 0 spiro atoms. The van der Waals surface area contributed by atoms with Gasteiger partial charge in [-0.25, -0.2) is 4.98 Å². The number of amides is 1. The Bertz CT molecular complexity index is 640. The fraction of sp³-hybridized carbons (Fsp3) is 0.182. The number of nitrogens with zero attached hydrogens (tertiary/aromatic N) is 3. The summed E-state index contributed by atoms with van der Waals surface area (Å²) in [6.45, 7) is 1.68. The number of hydrogen-bond donors (Lipinski definition) is 3. The number of nitrogen functional groups attached to an aromatic ring is 1. The Morgan fingerprint density at radius 3 is 2.90 bits per heavy atom. The van der Waals surface area contributed by atoms with Crippen molar-refractivity contribution in [1.82, 2.24) is 20.5 Å². The maximum Gasteiger partial charge on any atom is 0.282 e. The highest BCUT2D eigenvalue weighted by Crippen LogP contribution is 2.21. The van der Waals surface area contributed by atoms with Gasteiger partial charge >= 0.3 is 0 Å². The largest absolute Gasteiger partial charge is 0.399 e. The topological polar surface area (TPSA) is 140 Å². The molecule has 9 nitrogen and oxygen atoms in total. The summed E-state index contributed by atoms with van der Waals surface area (Å²) < 4.78 is 0. The second-order valence-corrected chi connectivity index (χ2v) is 4.10. The zero-order valence-corrected chi connectivity index (χ0v) is 10.5. The number of hydrogen-bond acceptors (Lipinski definition) is 6. The van der Waals surface area contributed by atoms with Crippen molar-refractivity contribution in [2.45, 2.75) is 13.0 Å². The first kappa shape index (κ1) is 13.5. The van der Waals surface area contributed by atoms with Crippen LogP contribution in [0.25, 0.3) is 0 Å². The zero-order chi connectivity index (χ0) is 14.7. The Balaban J connectivity index is 2.25. The van der Waals surface area contributed by atoms with Crippen molar-refractivity contribution in [2.75, 3.05) is 5.73 Å². The first-order valence-corrected chi connectivity index (χ1v) is 5.69. The monoisotopic (exact) mass is 276 g/mol. The van der Waals surface area contributed by atoms with Crippen LogP contribution in [0.1, 0.15) is 29.1 Å². The van der Waals surface area contributed by atoms with Gasteiger partial charge in [0.15, 0.2) is 0 Å². The van der Waals surface area contributed by atoms with Gasteiger partial charge in [-0.1, -0.05) is 0 Å². The van der Waals surface area contributed by atoms with Gasteiger partial charge in [-0.3, -0.25) is 20.0 Å². The number of nitro groups is 1. The molecule has 104 valence electrons. The lowest BCUT2D eigenvalue weighted by atomic mass is 10.1. The van der Waals surface area contributed by atoms with Crippen LogP contribution in [0.5, 0.6) is 0 Å². The van der Waals surface area contributed by atoms with E-state index in [4.69, 9.17) is 5.73 Å². The third kappa shape index (κ3) is 2.71. The Morgan fingerprint density at radius 1 is 1.55 bits per heavy atom. The number of nitrogens with one attached hydrogen (secondary N) is 2. The molecule has 1 amide bonds. The number of benzene rings is 1. The van der Waals surface area contributed by atoms with E-state index in [1.54, 1.807) is 6.92 Å². The van der Waals surface area contributed by atoms with Crippen LogP contribution in [0, 0.1) is 10.1 Å². The van der Waals surface area contributed by atoms with Gasteiger partial charge in [0.25, 0.3) is 11.6 Å². The van der Waals surface area contributed by atoms with Crippen molar-refractivity contribution in [1.29, 1.82) is 0 Å². The zero-order valence-electron chi connectivity index (χ0n) is 10.5. The normalized spacial score (nSPS) is 11.8.